The molecule has 0 bridgehead atoms. The molecule has 2 heterocycles. The Labute approximate surface area is 190 Å². The molecule has 32 heavy (non-hydrogen) atoms. The fourth-order valence-electron chi connectivity index (χ4n) is 3.64. The van der Waals surface area contributed by atoms with Gasteiger partial charge in [0.1, 0.15) is 11.5 Å². The Morgan fingerprint density at radius 2 is 1.94 bits per heavy atom. The first-order chi connectivity index (χ1) is 15.5. The molecule has 0 atom stereocenters. The first-order valence-corrected chi connectivity index (χ1v) is 10.6. The van der Waals surface area contributed by atoms with Crippen LogP contribution in [0.4, 0.5) is 10.1 Å². The molecule has 0 radical (unpaired) electrons. The average molecular weight is 456 g/mol. The molecular formula is C23H22FN3O4S. The molecule has 4 rings (SSSR count). The molecule has 2 saturated heterocycles. The van der Waals surface area contributed by atoms with Gasteiger partial charge in [-0.15, -0.1) is 0 Å². The summed E-state index contributed by atoms with van der Waals surface area (Å²) in [6.45, 7) is 1.46. The molecule has 9 heteroatoms. The summed E-state index contributed by atoms with van der Waals surface area (Å²) in [6, 6.07) is 11.0. The van der Waals surface area contributed by atoms with Crippen LogP contribution in [0.5, 0.6) is 11.5 Å². The number of hydrogen-bond donors (Lipinski definition) is 1. The van der Waals surface area contributed by atoms with Crippen molar-refractivity contribution in [3.8, 4) is 11.5 Å². The third-order valence-electron chi connectivity index (χ3n) is 5.28. The van der Waals surface area contributed by atoms with Crippen molar-refractivity contribution in [2.45, 2.75) is 12.8 Å². The second-order valence-corrected chi connectivity index (χ2v) is 7.75. The fraction of sp³-hybridized carbons (Fsp3) is 0.261. The monoisotopic (exact) mass is 455 g/mol. The van der Waals surface area contributed by atoms with E-state index in [1.165, 1.54) is 19.2 Å². The maximum Gasteiger partial charge on any atom is 0.281 e. The average Bonchev–Trinajstić information content (AvgIpc) is 3.42. The van der Waals surface area contributed by atoms with E-state index < -0.39 is 11.7 Å². The van der Waals surface area contributed by atoms with Gasteiger partial charge in [-0.05, 0) is 61.0 Å². The fourth-order valence-corrected chi connectivity index (χ4v) is 3.94. The number of anilines is 1. The summed E-state index contributed by atoms with van der Waals surface area (Å²) in [4.78, 5) is 28.0. The van der Waals surface area contributed by atoms with E-state index in [-0.39, 0.29) is 29.0 Å². The number of carbonyl (C=O) groups is 2. The first-order valence-electron chi connectivity index (χ1n) is 10.2. The summed E-state index contributed by atoms with van der Waals surface area (Å²) in [5, 5.41) is 2.93. The summed E-state index contributed by atoms with van der Waals surface area (Å²) in [5.74, 6) is -0.212. The summed E-state index contributed by atoms with van der Waals surface area (Å²) < 4.78 is 25.2. The number of nitrogens with one attached hydrogen (secondary N) is 1. The number of rotatable bonds is 6. The standard InChI is InChI=1S/C23H22FN3O4S/c1-30-20-13-15(8-9-19(20)31-14-21(28)26-10-4-5-11-26)12-17-22(29)27(23(32)25-17)18-7-3-2-6-16(18)24/h2-3,6-9,12-13H,4-5,10-11,14H2,1H3,(H,25,32)/b17-12+. The predicted octanol–water partition coefficient (Wildman–Crippen LogP) is 3.10. The quantitative estimate of drug-likeness (QED) is 0.533. The topological polar surface area (TPSA) is 71.1 Å². The van der Waals surface area contributed by atoms with Gasteiger partial charge < -0.3 is 19.7 Å². The van der Waals surface area contributed by atoms with Crippen LogP contribution in [0.25, 0.3) is 6.08 Å². The number of ether oxygens (including phenoxy) is 2. The van der Waals surface area contributed by atoms with Gasteiger partial charge in [0.15, 0.2) is 23.2 Å². The van der Waals surface area contributed by atoms with Crippen LogP contribution in [0.2, 0.25) is 0 Å². The summed E-state index contributed by atoms with van der Waals surface area (Å²) >= 11 is 5.23. The maximum absolute atomic E-state index is 14.2. The zero-order valence-corrected chi connectivity index (χ0v) is 18.3. The van der Waals surface area contributed by atoms with E-state index in [1.54, 1.807) is 41.3 Å². The molecule has 0 unspecified atom stereocenters. The summed E-state index contributed by atoms with van der Waals surface area (Å²) in [6.07, 6.45) is 3.63. The Hall–Kier alpha value is -3.46. The maximum atomic E-state index is 14.2. The third kappa shape index (κ3) is 4.43. The van der Waals surface area contributed by atoms with Crippen LogP contribution in [0.3, 0.4) is 0 Å². The Morgan fingerprint density at radius 3 is 2.66 bits per heavy atom. The van der Waals surface area contributed by atoms with Crippen molar-refractivity contribution in [3.63, 3.8) is 0 Å². The second-order valence-electron chi connectivity index (χ2n) is 7.37. The lowest BCUT2D eigenvalue weighted by Crippen LogP contribution is -2.32. The number of amides is 2. The third-order valence-corrected chi connectivity index (χ3v) is 5.56. The van der Waals surface area contributed by atoms with Crippen molar-refractivity contribution in [3.05, 3.63) is 59.5 Å². The number of hydrogen-bond acceptors (Lipinski definition) is 5. The molecule has 0 saturated carbocycles. The van der Waals surface area contributed by atoms with Crippen LogP contribution in [0, 0.1) is 5.82 Å². The number of nitrogens with zero attached hydrogens (tertiary/aromatic N) is 2. The van der Waals surface area contributed by atoms with Gasteiger partial charge in [-0.1, -0.05) is 18.2 Å². The molecule has 2 aliphatic rings. The number of thiocarbonyl (C=S) groups is 1. The van der Waals surface area contributed by atoms with Gasteiger partial charge in [0.05, 0.1) is 12.8 Å². The zero-order chi connectivity index (χ0) is 22.7. The van der Waals surface area contributed by atoms with Crippen molar-refractivity contribution in [2.24, 2.45) is 0 Å². The first kappa shape index (κ1) is 21.8. The van der Waals surface area contributed by atoms with Gasteiger partial charge in [0.25, 0.3) is 11.8 Å². The highest BCUT2D eigenvalue weighted by Gasteiger charge is 2.33. The van der Waals surface area contributed by atoms with E-state index in [0.717, 1.165) is 30.8 Å². The van der Waals surface area contributed by atoms with E-state index in [9.17, 15) is 14.0 Å². The number of carbonyl (C=O) groups excluding carboxylic acids is 2. The van der Waals surface area contributed by atoms with Gasteiger partial charge in [0.2, 0.25) is 0 Å². The highest BCUT2D eigenvalue weighted by Crippen LogP contribution is 2.30. The Kier molecular flexibility index (Phi) is 6.36. The van der Waals surface area contributed by atoms with Crippen molar-refractivity contribution in [2.75, 3.05) is 31.7 Å². The molecule has 2 fully saturated rings. The molecule has 0 spiro atoms. The largest absolute Gasteiger partial charge is 0.493 e. The molecule has 0 aliphatic carbocycles. The van der Waals surface area contributed by atoms with Gasteiger partial charge >= 0.3 is 0 Å². The van der Waals surface area contributed by atoms with Gasteiger partial charge in [-0.3, -0.25) is 9.59 Å². The number of benzene rings is 2. The lowest BCUT2D eigenvalue weighted by atomic mass is 10.1. The predicted molar refractivity (Wildman–Crippen MR) is 122 cm³/mol. The molecule has 166 valence electrons. The zero-order valence-electron chi connectivity index (χ0n) is 17.5. The van der Waals surface area contributed by atoms with E-state index in [2.05, 4.69) is 5.32 Å². The number of likely N-dealkylation sites (tertiary alicyclic amines) is 1. The van der Waals surface area contributed by atoms with Crippen LogP contribution in [0.1, 0.15) is 18.4 Å². The number of para-hydroxylation sites is 1. The molecule has 2 aliphatic heterocycles. The second kappa shape index (κ2) is 9.35. The molecule has 0 aromatic heterocycles. The lowest BCUT2D eigenvalue weighted by molar-refractivity contribution is -0.132. The van der Waals surface area contributed by atoms with Gasteiger partial charge in [-0.25, -0.2) is 9.29 Å². The van der Waals surface area contributed by atoms with E-state index >= 15 is 0 Å². The summed E-state index contributed by atoms with van der Waals surface area (Å²) in [5.41, 5.74) is 0.940. The molecular weight excluding hydrogens is 433 g/mol. The van der Waals surface area contributed by atoms with Crippen LogP contribution >= 0.6 is 12.2 Å². The Balaban J connectivity index is 1.50. The molecule has 1 N–H and O–H groups in total. The van der Waals surface area contributed by atoms with Crippen LogP contribution in [-0.4, -0.2) is 48.6 Å². The van der Waals surface area contributed by atoms with E-state index in [0.29, 0.717) is 17.1 Å². The minimum atomic E-state index is -0.544. The van der Waals surface area contributed by atoms with Crippen molar-refractivity contribution in [1.29, 1.82) is 0 Å². The lowest BCUT2D eigenvalue weighted by Gasteiger charge is -2.16. The Bertz CT molecular complexity index is 1100. The van der Waals surface area contributed by atoms with Crippen LogP contribution in [-0.2, 0) is 9.59 Å². The van der Waals surface area contributed by atoms with Gasteiger partial charge in [0, 0.05) is 13.1 Å². The molecule has 2 aromatic rings. The molecule has 7 nitrogen and oxygen atoms in total. The van der Waals surface area contributed by atoms with Crippen molar-refractivity contribution < 1.29 is 23.5 Å². The van der Waals surface area contributed by atoms with Crippen molar-refractivity contribution in [1.82, 2.24) is 10.2 Å². The van der Waals surface area contributed by atoms with E-state index in [4.69, 9.17) is 21.7 Å². The molecule has 2 aromatic carbocycles. The number of methoxy groups -OCH3 is 1. The highest BCUT2D eigenvalue weighted by molar-refractivity contribution is 7.80. The number of halogens is 1. The smallest absolute Gasteiger partial charge is 0.281 e. The Morgan fingerprint density at radius 1 is 1.19 bits per heavy atom. The summed E-state index contributed by atoms with van der Waals surface area (Å²) in [7, 11) is 1.50. The molecule has 2 amide bonds. The van der Waals surface area contributed by atoms with Crippen LogP contribution in [0.15, 0.2) is 48.2 Å². The minimum Gasteiger partial charge on any atom is -0.493 e. The van der Waals surface area contributed by atoms with Crippen molar-refractivity contribution >= 4 is 40.9 Å². The minimum absolute atomic E-state index is 0.0572. The van der Waals surface area contributed by atoms with Crippen LogP contribution < -0.4 is 19.7 Å². The highest BCUT2D eigenvalue weighted by atomic mass is 32.1. The SMILES string of the molecule is COc1cc(/C=C2/NC(=S)N(c3ccccc3F)C2=O)ccc1OCC(=O)N1CCCC1. The van der Waals surface area contributed by atoms with Gasteiger partial charge in [-0.2, -0.15) is 0 Å². The van der Waals surface area contributed by atoms with E-state index in [1.807, 2.05) is 0 Å². The normalized spacial score (nSPS) is 17.1.